The van der Waals surface area contributed by atoms with Gasteiger partial charge < -0.3 is 5.32 Å². The maximum atomic E-state index is 12.9. The minimum Gasteiger partial charge on any atom is -0.350 e. The van der Waals surface area contributed by atoms with Crippen LogP contribution < -0.4 is 5.32 Å². The van der Waals surface area contributed by atoms with Crippen LogP contribution in [0.4, 0.5) is 4.39 Å². The molecule has 1 amide bonds. The molecule has 1 aromatic carbocycles. The average molecular weight is 385 g/mol. The zero-order valence-electron chi connectivity index (χ0n) is 14.0. The molecule has 0 spiro atoms. The van der Waals surface area contributed by atoms with E-state index in [1.54, 1.807) is 0 Å². The highest BCUT2D eigenvalue weighted by Gasteiger charge is 2.20. The molecule has 0 aliphatic carbocycles. The topological polar surface area (TPSA) is 79.4 Å². The van der Waals surface area contributed by atoms with E-state index in [9.17, 15) is 17.6 Å². The van der Waals surface area contributed by atoms with Gasteiger partial charge in [-0.2, -0.15) is 0 Å². The Morgan fingerprint density at radius 1 is 1.32 bits per heavy atom. The van der Waals surface area contributed by atoms with Crippen molar-refractivity contribution in [2.24, 2.45) is 0 Å². The molecule has 0 fully saturated rings. The summed E-state index contributed by atoms with van der Waals surface area (Å²) in [4.78, 5) is 16.1. The second kappa shape index (κ2) is 8.50. The molecule has 0 saturated carbocycles. The van der Waals surface area contributed by atoms with Crippen molar-refractivity contribution in [3.8, 4) is 0 Å². The number of carbonyl (C=O) groups is 1. The van der Waals surface area contributed by atoms with Crippen LogP contribution in [0.15, 0.2) is 34.5 Å². The van der Waals surface area contributed by atoms with Crippen LogP contribution in [0.2, 0.25) is 0 Å². The summed E-state index contributed by atoms with van der Waals surface area (Å²) in [6.07, 6.45) is 0.604. The average Bonchev–Trinajstić information content (AvgIpc) is 2.98. The van der Waals surface area contributed by atoms with Gasteiger partial charge in [-0.15, -0.1) is 11.3 Å². The van der Waals surface area contributed by atoms with Crippen molar-refractivity contribution in [3.05, 3.63) is 46.2 Å². The molecule has 9 heteroatoms. The number of rotatable bonds is 8. The number of aromatic nitrogens is 1. The Hall–Kier alpha value is -1.84. The van der Waals surface area contributed by atoms with Gasteiger partial charge in [-0.3, -0.25) is 4.79 Å². The molecule has 25 heavy (non-hydrogen) atoms. The summed E-state index contributed by atoms with van der Waals surface area (Å²) in [5, 5.41) is 5.51. The number of carbonyl (C=O) groups excluding carboxylic acids is 1. The Balaban J connectivity index is 1.78. The Morgan fingerprint density at radius 3 is 2.60 bits per heavy atom. The fraction of sp³-hybridized carbons (Fsp3) is 0.375. The number of nitrogens with one attached hydrogen (secondary N) is 1. The van der Waals surface area contributed by atoms with E-state index in [2.05, 4.69) is 10.3 Å². The van der Waals surface area contributed by atoms with Crippen molar-refractivity contribution < 1.29 is 17.6 Å². The lowest BCUT2D eigenvalue weighted by atomic mass is 10.3. The van der Waals surface area contributed by atoms with Gasteiger partial charge in [0.05, 0.1) is 11.4 Å². The van der Waals surface area contributed by atoms with Gasteiger partial charge in [0.15, 0.2) is 0 Å². The lowest BCUT2D eigenvalue weighted by Crippen LogP contribution is -2.29. The number of sulfonamides is 1. The molecule has 0 saturated heterocycles. The first-order chi connectivity index (χ1) is 11.8. The van der Waals surface area contributed by atoms with E-state index < -0.39 is 15.8 Å². The standard InChI is InChI=1S/C16H20FN3O3S2/c1-12-11-24-16(19-12)10-18-15(21)4-3-9-20(2)25(22,23)14-7-5-13(17)6-8-14/h5-8,11H,3-4,9-10H2,1-2H3,(H,18,21). The predicted molar refractivity (Wildman–Crippen MR) is 94.1 cm³/mol. The highest BCUT2D eigenvalue weighted by Crippen LogP contribution is 2.15. The number of aryl methyl sites for hydroxylation is 1. The van der Waals surface area contributed by atoms with Gasteiger partial charge in [0.2, 0.25) is 15.9 Å². The summed E-state index contributed by atoms with van der Waals surface area (Å²) >= 11 is 1.48. The van der Waals surface area contributed by atoms with Crippen LogP contribution in [0, 0.1) is 12.7 Å². The van der Waals surface area contributed by atoms with Crippen molar-refractivity contribution in [2.75, 3.05) is 13.6 Å². The zero-order valence-corrected chi connectivity index (χ0v) is 15.7. The third-order valence-corrected chi connectivity index (χ3v) is 6.34. The molecule has 0 aliphatic rings. The van der Waals surface area contributed by atoms with Crippen LogP contribution in [0.3, 0.4) is 0 Å². The highest BCUT2D eigenvalue weighted by molar-refractivity contribution is 7.89. The van der Waals surface area contributed by atoms with Crippen LogP contribution in [0.25, 0.3) is 0 Å². The molecule has 0 atom stereocenters. The fourth-order valence-electron chi connectivity index (χ4n) is 2.12. The normalized spacial score (nSPS) is 11.7. The first kappa shape index (κ1) is 19.5. The van der Waals surface area contributed by atoms with Gasteiger partial charge in [-0.25, -0.2) is 22.1 Å². The van der Waals surface area contributed by atoms with E-state index in [0.29, 0.717) is 13.0 Å². The van der Waals surface area contributed by atoms with Crippen LogP contribution >= 0.6 is 11.3 Å². The van der Waals surface area contributed by atoms with E-state index in [1.165, 1.54) is 30.5 Å². The summed E-state index contributed by atoms with van der Waals surface area (Å²) in [7, 11) is -2.24. The number of halogens is 1. The van der Waals surface area contributed by atoms with Crippen molar-refractivity contribution in [2.45, 2.75) is 31.2 Å². The Bertz CT molecular complexity index is 819. The third-order valence-electron chi connectivity index (χ3n) is 3.50. The molecule has 0 bridgehead atoms. The predicted octanol–water partition coefficient (Wildman–Crippen LogP) is 2.31. The molecule has 2 rings (SSSR count). The molecule has 6 nitrogen and oxygen atoms in total. The summed E-state index contributed by atoms with van der Waals surface area (Å²) < 4.78 is 38.7. The largest absolute Gasteiger partial charge is 0.350 e. The molecule has 0 unspecified atom stereocenters. The van der Waals surface area contributed by atoms with E-state index in [1.807, 2.05) is 12.3 Å². The number of amides is 1. The molecule has 136 valence electrons. The van der Waals surface area contributed by atoms with E-state index >= 15 is 0 Å². The first-order valence-corrected chi connectivity index (χ1v) is 10.0. The molecule has 1 heterocycles. The zero-order chi connectivity index (χ0) is 18.4. The highest BCUT2D eigenvalue weighted by atomic mass is 32.2. The second-order valence-electron chi connectivity index (χ2n) is 5.54. The quantitative estimate of drug-likeness (QED) is 0.756. The van der Waals surface area contributed by atoms with Gasteiger partial charge in [0.1, 0.15) is 10.8 Å². The Kier molecular flexibility index (Phi) is 6.63. The fourth-order valence-corrected chi connectivity index (χ4v) is 4.04. The summed E-state index contributed by atoms with van der Waals surface area (Å²) in [5.41, 5.74) is 0.918. The first-order valence-electron chi connectivity index (χ1n) is 7.68. The minimum atomic E-state index is -3.68. The van der Waals surface area contributed by atoms with E-state index in [-0.39, 0.29) is 23.8 Å². The minimum absolute atomic E-state index is 0.0278. The summed E-state index contributed by atoms with van der Waals surface area (Å²) in [6.45, 7) is 2.46. The lowest BCUT2D eigenvalue weighted by Gasteiger charge is -2.17. The van der Waals surface area contributed by atoms with Crippen LogP contribution in [0.5, 0.6) is 0 Å². The monoisotopic (exact) mass is 385 g/mol. The number of thiazole rings is 1. The van der Waals surface area contributed by atoms with Crippen LogP contribution in [0.1, 0.15) is 23.5 Å². The molecule has 0 radical (unpaired) electrons. The number of hydrogen-bond acceptors (Lipinski definition) is 5. The number of benzene rings is 1. The van der Waals surface area contributed by atoms with Crippen LogP contribution in [-0.2, 0) is 21.4 Å². The molecular formula is C16H20FN3O3S2. The Labute approximate surface area is 150 Å². The SMILES string of the molecule is Cc1csc(CNC(=O)CCCN(C)S(=O)(=O)c2ccc(F)cc2)n1. The maximum Gasteiger partial charge on any atom is 0.242 e. The van der Waals surface area contributed by atoms with Gasteiger partial charge in [-0.1, -0.05) is 0 Å². The third kappa shape index (κ3) is 5.58. The Morgan fingerprint density at radius 2 is 2.00 bits per heavy atom. The van der Waals surface area contributed by atoms with Gasteiger partial charge >= 0.3 is 0 Å². The lowest BCUT2D eigenvalue weighted by molar-refractivity contribution is -0.121. The van der Waals surface area contributed by atoms with E-state index in [0.717, 1.165) is 27.1 Å². The second-order valence-corrected chi connectivity index (χ2v) is 8.53. The van der Waals surface area contributed by atoms with Crippen LogP contribution in [-0.4, -0.2) is 37.2 Å². The number of hydrogen-bond donors (Lipinski definition) is 1. The van der Waals surface area contributed by atoms with Crippen molar-refractivity contribution in [1.82, 2.24) is 14.6 Å². The molecular weight excluding hydrogens is 365 g/mol. The molecule has 1 aromatic heterocycles. The van der Waals surface area contributed by atoms with Gasteiger partial charge in [-0.05, 0) is 37.6 Å². The number of nitrogens with zero attached hydrogens (tertiary/aromatic N) is 2. The summed E-state index contributed by atoms with van der Waals surface area (Å²) in [6, 6.07) is 4.66. The van der Waals surface area contributed by atoms with Crippen molar-refractivity contribution in [3.63, 3.8) is 0 Å². The maximum absolute atomic E-state index is 12.9. The van der Waals surface area contributed by atoms with Crippen molar-refractivity contribution in [1.29, 1.82) is 0 Å². The molecule has 2 aromatic rings. The molecule has 1 N–H and O–H groups in total. The van der Waals surface area contributed by atoms with Gasteiger partial charge in [0.25, 0.3) is 0 Å². The van der Waals surface area contributed by atoms with E-state index in [4.69, 9.17) is 0 Å². The smallest absolute Gasteiger partial charge is 0.242 e. The van der Waals surface area contributed by atoms with Gasteiger partial charge in [0, 0.05) is 31.1 Å². The molecule has 0 aliphatic heterocycles. The van der Waals surface area contributed by atoms with Crippen molar-refractivity contribution >= 4 is 27.3 Å². The summed E-state index contributed by atoms with van der Waals surface area (Å²) in [5.74, 6) is -0.644.